The van der Waals surface area contributed by atoms with Crippen molar-refractivity contribution in [2.45, 2.75) is 20.4 Å². The third-order valence-corrected chi connectivity index (χ3v) is 2.20. The first-order valence-corrected chi connectivity index (χ1v) is 5.74. The van der Waals surface area contributed by atoms with Crippen LogP contribution in [0.5, 0.6) is 5.88 Å². The summed E-state index contributed by atoms with van der Waals surface area (Å²) >= 11 is 0. The molecule has 2 rings (SSSR count). The van der Waals surface area contributed by atoms with E-state index in [-0.39, 0.29) is 0 Å². The van der Waals surface area contributed by atoms with E-state index in [4.69, 9.17) is 4.74 Å². The van der Waals surface area contributed by atoms with Crippen LogP contribution in [0.2, 0.25) is 0 Å². The van der Waals surface area contributed by atoms with Crippen molar-refractivity contribution < 1.29 is 4.74 Å². The van der Waals surface area contributed by atoms with Crippen molar-refractivity contribution in [2.24, 2.45) is 0 Å². The number of anilines is 1. The minimum absolute atomic E-state index is 0.517. The number of nitrogens with one attached hydrogen (secondary N) is 1. The maximum Gasteiger partial charge on any atom is 0.218 e. The fraction of sp³-hybridized carbons (Fsp3) is 0.333. The smallest absolute Gasteiger partial charge is 0.218 e. The molecule has 0 bridgehead atoms. The summed E-state index contributed by atoms with van der Waals surface area (Å²) in [6.45, 7) is 4.96. The summed E-state index contributed by atoms with van der Waals surface area (Å²) in [5, 5.41) is 3.12. The van der Waals surface area contributed by atoms with Crippen LogP contribution in [0.3, 0.4) is 0 Å². The lowest BCUT2D eigenvalue weighted by Gasteiger charge is -2.06. The molecule has 1 N–H and O–H groups in total. The molecule has 2 heterocycles. The molecule has 6 heteroatoms. The van der Waals surface area contributed by atoms with Crippen LogP contribution in [0.25, 0.3) is 0 Å². The second-order valence-electron chi connectivity index (χ2n) is 3.70. The normalized spacial score (nSPS) is 10.1. The predicted octanol–water partition coefficient (Wildman–Crippen LogP) is 1.59. The summed E-state index contributed by atoms with van der Waals surface area (Å²) in [6.07, 6.45) is 5.04. The standard InChI is InChI=1S/C12H15N5O/c1-3-18-12-4-10(16-8-17-12)15-7-11-13-5-9(2)6-14-11/h4-6,8H,3,7H2,1-2H3,(H,15,16,17). The second-order valence-corrected chi connectivity index (χ2v) is 3.70. The largest absolute Gasteiger partial charge is 0.478 e. The minimum Gasteiger partial charge on any atom is -0.478 e. The Morgan fingerprint density at radius 1 is 1.17 bits per heavy atom. The van der Waals surface area contributed by atoms with E-state index in [1.54, 1.807) is 18.5 Å². The quantitative estimate of drug-likeness (QED) is 0.862. The zero-order valence-electron chi connectivity index (χ0n) is 10.4. The van der Waals surface area contributed by atoms with E-state index in [1.807, 2.05) is 13.8 Å². The molecule has 0 amide bonds. The number of rotatable bonds is 5. The number of aromatic nitrogens is 4. The lowest BCUT2D eigenvalue weighted by atomic mass is 10.4. The van der Waals surface area contributed by atoms with Gasteiger partial charge in [0.15, 0.2) is 0 Å². The number of nitrogens with zero attached hydrogens (tertiary/aromatic N) is 4. The topological polar surface area (TPSA) is 72.8 Å². The van der Waals surface area contributed by atoms with E-state index in [0.29, 0.717) is 24.8 Å². The first kappa shape index (κ1) is 12.2. The van der Waals surface area contributed by atoms with Crippen molar-refractivity contribution >= 4 is 5.82 Å². The Morgan fingerprint density at radius 2 is 1.94 bits per heavy atom. The lowest BCUT2D eigenvalue weighted by molar-refractivity contribution is 0.326. The van der Waals surface area contributed by atoms with Crippen LogP contribution in [0, 0.1) is 6.92 Å². The van der Waals surface area contributed by atoms with Crippen LogP contribution in [-0.2, 0) is 6.54 Å². The van der Waals surface area contributed by atoms with Crippen LogP contribution in [-0.4, -0.2) is 26.5 Å². The third kappa shape index (κ3) is 3.38. The SMILES string of the molecule is CCOc1cc(NCc2ncc(C)cn2)ncn1. The first-order chi connectivity index (χ1) is 8.78. The highest BCUT2D eigenvalue weighted by molar-refractivity contribution is 5.37. The van der Waals surface area contributed by atoms with E-state index >= 15 is 0 Å². The maximum atomic E-state index is 5.29. The lowest BCUT2D eigenvalue weighted by Crippen LogP contribution is -2.06. The van der Waals surface area contributed by atoms with Gasteiger partial charge in [0.1, 0.15) is 18.0 Å². The van der Waals surface area contributed by atoms with Gasteiger partial charge in [-0.1, -0.05) is 0 Å². The third-order valence-electron chi connectivity index (χ3n) is 2.20. The van der Waals surface area contributed by atoms with Gasteiger partial charge in [0, 0.05) is 18.5 Å². The predicted molar refractivity (Wildman–Crippen MR) is 67.3 cm³/mol. The number of ether oxygens (including phenoxy) is 1. The summed E-state index contributed by atoms with van der Waals surface area (Å²) in [4.78, 5) is 16.5. The molecule has 0 saturated heterocycles. The highest BCUT2D eigenvalue weighted by Crippen LogP contribution is 2.11. The molecule has 0 aliphatic rings. The Labute approximate surface area is 105 Å². The van der Waals surface area contributed by atoms with Crippen molar-refractivity contribution in [3.63, 3.8) is 0 Å². The molecule has 0 atom stereocenters. The molecule has 0 unspecified atom stereocenters. The zero-order valence-corrected chi connectivity index (χ0v) is 10.4. The van der Waals surface area contributed by atoms with Crippen molar-refractivity contribution in [3.05, 3.63) is 36.2 Å². The van der Waals surface area contributed by atoms with Gasteiger partial charge < -0.3 is 10.1 Å². The molecule has 0 radical (unpaired) electrons. The maximum absolute atomic E-state index is 5.29. The minimum atomic E-state index is 0.517. The molecular weight excluding hydrogens is 230 g/mol. The Morgan fingerprint density at radius 3 is 2.67 bits per heavy atom. The van der Waals surface area contributed by atoms with Gasteiger partial charge in [-0.05, 0) is 19.4 Å². The average molecular weight is 245 g/mol. The van der Waals surface area contributed by atoms with Crippen LogP contribution in [0.4, 0.5) is 5.82 Å². The van der Waals surface area contributed by atoms with Gasteiger partial charge >= 0.3 is 0 Å². The molecule has 2 aromatic heterocycles. The van der Waals surface area contributed by atoms with Gasteiger partial charge in [0.2, 0.25) is 5.88 Å². The molecule has 94 valence electrons. The molecule has 18 heavy (non-hydrogen) atoms. The van der Waals surface area contributed by atoms with E-state index < -0.39 is 0 Å². The van der Waals surface area contributed by atoms with Gasteiger partial charge in [-0.25, -0.2) is 19.9 Å². The molecule has 0 fully saturated rings. The van der Waals surface area contributed by atoms with E-state index in [2.05, 4.69) is 25.3 Å². The number of aryl methyl sites for hydroxylation is 1. The van der Waals surface area contributed by atoms with Crippen LogP contribution in [0.1, 0.15) is 18.3 Å². The fourth-order valence-electron chi connectivity index (χ4n) is 1.34. The summed E-state index contributed by atoms with van der Waals surface area (Å²) in [5.41, 5.74) is 1.04. The van der Waals surface area contributed by atoms with Gasteiger partial charge in [-0.2, -0.15) is 0 Å². The van der Waals surface area contributed by atoms with E-state index in [1.165, 1.54) is 6.33 Å². The number of hydrogen-bond acceptors (Lipinski definition) is 6. The van der Waals surface area contributed by atoms with Crippen molar-refractivity contribution in [2.75, 3.05) is 11.9 Å². The van der Waals surface area contributed by atoms with E-state index in [0.717, 1.165) is 11.4 Å². The molecule has 0 aliphatic heterocycles. The van der Waals surface area contributed by atoms with Gasteiger partial charge in [0.05, 0.1) is 13.2 Å². The first-order valence-electron chi connectivity index (χ1n) is 5.74. The number of hydrogen-bond donors (Lipinski definition) is 1. The van der Waals surface area contributed by atoms with Gasteiger partial charge in [-0.3, -0.25) is 0 Å². The molecule has 0 spiro atoms. The Bertz CT molecular complexity index is 500. The Hall–Kier alpha value is -2.24. The highest BCUT2D eigenvalue weighted by Gasteiger charge is 2.00. The van der Waals surface area contributed by atoms with Crippen molar-refractivity contribution in [1.82, 2.24) is 19.9 Å². The van der Waals surface area contributed by atoms with Crippen LogP contribution >= 0.6 is 0 Å². The summed E-state index contributed by atoms with van der Waals surface area (Å²) < 4.78 is 5.29. The van der Waals surface area contributed by atoms with Crippen molar-refractivity contribution in [1.29, 1.82) is 0 Å². The zero-order chi connectivity index (χ0) is 12.8. The van der Waals surface area contributed by atoms with Gasteiger partial charge in [0.25, 0.3) is 0 Å². The molecule has 6 nitrogen and oxygen atoms in total. The summed E-state index contributed by atoms with van der Waals surface area (Å²) in [5.74, 6) is 1.97. The summed E-state index contributed by atoms with van der Waals surface area (Å²) in [7, 11) is 0. The van der Waals surface area contributed by atoms with Crippen LogP contribution < -0.4 is 10.1 Å². The monoisotopic (exact) mass is 245 g/mol. The Balaban J connectivity index is 1.97. The van der Waals surface area contributed by atoms with E-state index in [9.17, 15) is 0 Å². The fourth-order valence-corrected chi connectivity index (χ4v) is 1.34. The molecule has 0 saturated carbocycles. The van der Waals surface area contributed by atoms with Crippen LogP contribution in [0.15, 0.2) is 24.8 Å². The Kier molecular flexibility index (Phi) is 4.01. The molecule has 0 aliphatic carbocycles. The van der Waals surface area contributed by atoms with Gasteiger partial charge in [-0.15, -0.1) is 0 Å². The molecule has 2 aromatic rings. The second kappa shape index (κ2) is 5.90. The summed E-state index contributed by atoms with van der Waals surface area (Å²) in [6, 6.07) is 1.75. The molecule has 0 aromatic carbocycles. The average Bonchev–Trinajstić information content (AvgIpc) is 2.39. The van der Waals surface area contributed by atoms with Crippen molar-refractivity contribution in [3.8, 4) is 5.88 Å². The molecular formula is C12H15N5O. The highest BCUT2D eigenvalue weighted by atomic mass is 16.5.